The Bertz CT molecular complexity index is 498. The van der Waals surface area contributed by atoms with Crippen molar-refractivity contribution in [2.24, 2.45) is 0 Å². The van der Waals surface area contributed by atoms with Gasteiger partial charge in [-0.1, -0.05) is 24.3 Å². The van der Waals surface area contributed by atoms with Gasteiger partial charge in [-0.3, -0.25) is 4.79 Å². The van der Waals surface area contributed by atoms with Gasteiger partial charge in [0, 0.05) is 13.1 Å². The maximum Gasteiger partial charge on any atom is 0.410 e. The van der Waals surface area contributed by atoms with Gasteiger partial charge >= 0.3 is 12.1 Å². The number of hydrogen-bond acceptors (Lipinski definition) is 3. The molecule has 0 bridgehead atoms. The number of carbonyl (C=O) groups excluding carboxylic acids is 1. The molecule has 1 heterocycles. The number of carboxylic acid groups (broad SMARTS) is 1. The Morgan fingerprint density at radius 3 is 2.68 bits per heavy atom. The zero-order valence-corrected chi connectivity index (χ0v) is 11.0. The van der Waals surface area contributed by atoms with E-state index in [1.54, 1.807) is 19.9 Å². The van der Waals surface area contributed by atoms with Crippen molar-refractivity contribution in [2.45, 2.75) is 32.4 Å². The fourth-order valence-electron chi connectivity index (χ4n) is 2.23. The highest BCUT2D eigenvalue weighted by atomic mass is 16.6. The standard InChI is InChI=1S/C14H17NO4/c1-9(2)19-14(18)15-7-10-5-3-4-6-11(10)12(8-15)13(16)17/h3-6,9,12H,7-8H2,1-2H3,(H,16,17). The van der Waals surface area contributed by atoms with Crippen LogP contribution >= 0.6 is 0 Å². The smallest absolute Gasteiger partial charge is 0.410 e. The van der Waals surface area contributed by atoms with Crippen molar-refractivity contribution in [3.63, 3.8) is 0 Å². The minimum atomic E-state index is -0.922. The SMILES string of the molecule is CC(C)OC(=O)N1Cc2ccccc2C(C(=O)O)C1. The number of benzene rings is 1. The Morgan fingerprint density at radius 2 is 2.05 bits per heavy atom. The average Bonchev–Trinajstić information content (AvgIpc) is 2.36. The maximum absolute atomic E-state index is 11.9. The third-order valence-electron chi connectivity index (χ3n) is 3.09. The van der Waals surface area contributed by atoms with Crippen molar-refractivity contribution >= 4 is 12.1 Å². The van der Waals surface area contributed by atoms with E-state index >= 15 is 0 Å². The summed E-state index contributed by atoms with van der Waals surface area (Å²) in [5.41, 5.74) is 1.64. The molecule has 0 saturated heterocycles. The average molecular weight is 263 g/mol. The lowest BCUT2D eigenvalue weighted by Crippen LogP contribution is -2.41. The molecule has 5 nitrogen and oxygen atoms in total. The van der Waals surface area contributed by atoms with Gasteiger partial charge in [-0.15, -0.1) is 0 Å². The first-order valence-electron chi connectivity index (χ1n) is 6.25. The molecule has 2 rings (SSSR count). The largest absolute Gasteiger partial charge is 0.481 e. The quantitative estimate of drug-likeness (QED) is 0.888. The predicted molar refractivity (Wildman–Crippen MR) is 68.8 cm³/mol. The van der Waals surface area contributed by atoms with E-state index in [2.05, 4.69) is 0 Å². The normalized spacial score (nSPS) is 18.1. The van der Waals surface area contributed by atoms with Crippen molar-refractivity contribution in [3.8, 4) is 0 Å². The Labute approximate surface area is 111 Å². The van der Waals surface area contributed by atoms with Gasteiger partial charge in [0.2, 0.25) is 0 Å². The molecule has 19 heavy (non-hydrogen) atoms. The monoisotopic (exact) mass is 263 g/mol. The molecule has 1 aliphatic rings. The first-order valence-corrected chi connectivity index (χ1v) is 6.25. The van der Waals surface area contributed by atoms with Gasteiger partial charge < -0.3 is 14.7 Å². The summed E-state index contributed by atoms with van der Waals surface area (Å²) in [6, 6.07) is 7.31. The minimum absolute atomic E-state index is 0.151. The third-order valence-corrected chi connectivity index (χ3v) is 3.09. The van der Waals surface area contributed by atoms with E-state index in [-0.39, 0.29) is 12.6 Å². The number of aliphatic carboxylic acids is 1. The van der Waals surface area contributed by atoms with Crippen LogP contribution in [0, 0.1) is 0 Å². The van der Waals surface area contributed by atoms with Crippen LogP contribution < -0.4 is 0 Å². The van der Waals surface area contributed by atoms with E-state index in [4.69, 9.17) is 4.74 Å². The van der Waals surface area contributed by atoms with Crippen LogP contribution in [0.3, 0.4) is 0 Å². The lowest BCUT2D eigenvalue weighted by Gasteiger charge is -2.32. The lowest BCUT2D eigenvalue weighted by atomic mass is 9.90. The summed E-state index contributed by atoms with van der Waals surface area (Å²) in [7, 11) is 0. The topological polar surface area (TPSA) is 66.8 Å². The van der Waals surface area contributed by atoms with Crippen LogP contribution in [-0.4, -0.2) is 34.7 Å². The van der Waals surface area contributed by atoms with Crippen LogP contribution in [0.15, 0.2) is 24.3 Å². The molecule has 1 aromatic carbocycles. The molecule has 1 amide bonds. The van der Waals surface area contributed by atoms with Crippen LogP contribution in [0.1, 0.15) is 30.9 Å². The molecule has 0 radical (unpaired) electrons. The van der Waals surface area contributed by atoms with Crippen molar-refractivity contribution < 1.29 is 19.4 Å². The summed E-state index contributed by atoms with van der Waals surface area (Å²) >= 11 is 0. The Hall–Kier alpha value is -2.04. The molecule has 1 N–H and O–H groups in total. The highest BCUT2D eigenvalue weighted by Gasteiger charge is 2.33. The summed E-state index contributed by atoms with van der Waals surface area (Å²) in [5.74, 6) is -1.61. The molecular formula is C14H17NO4. The number of ether oxygens (including phenoxy) is 1. The number of fused-ring (bicyclic) bond motifs is 1. The van der Waals surface area contributed by atoms with Crippen LogP contribution in [0.2, 0.25) is 0 Å². The van der Waals surface area contributed by atoms with Gasteiger partial charge in [0.25, 0.3) is 0 Å². The van der Waals surface area contributed by atoms with Crippen LogP contribution in [-0.2, 0) is 16.1 Å². The van der Waals surface area contributed by atoms with Gasteiger partial charge in [0.15, 0.2) is 0 Å². The zero-order chi connectivity index (χ0) is 14.0. The van der Waals surface area contributed by atoms with Crippen LogP contribution in [0.5, 0.6) is 0 Å². The van der Waals surface area contributed by atoms with E-state index in [9.17, 15) is 14.7 Å². The third kappa shape index (κ3) is 2.86. The number of carboxylic acids is 1. The molecule has 1 atom stereocenters. The van der Waals surface area contributed by atoms with E-state index in [1.807, 2.05) is 18.2 Å². The Kier molecular flexibility index (Phi) is 3.74. The number of nitrogens with zero attached hydrogens (tertiary/aromatic N) is 1. The van der Waals surface area contributed by atoms with E-state index < -0.39 is 18.0 Å². The lowest BCUT2D eigenvalue weighted by molar-refractivity contribution is -0.139. The summed E-state index contributed by atoms with van der Waals surface area (Å²) in [4.78, 5) is 24.7. The number of amides is 1. The fourth-order valence-corrected chi connectivity index (χ4v) is 2.23. The van der Waals surface area contributed by atoms with E-state index in [1.165, 1.54) is 4.90 Å². The minimum Gasteiger partial charge on any atom is -0.481 e. The predicted octanol–water partition coefficient (Wildman–Crippen LogP) is 2.22. The highest BCUT2D eigenvalue weighted by Crippen LogP contribution is 2.28. The van der Waals surface area contributed by atoms with Crippen LogP contribution in [0.4, 0.5) is 4.79 Å². The Morgan fingerprint density at radius 1 is 1.37 bits per heavy atom. The van der Waals surface area contributed by atoms with Crippen molar-refractivity contribution in [3.05, 3.63) is 35.4 Å². The summed E-state index contributed by atoms with van der Waals surface area (Å²) in [6.45, 7) is 4.08. The van der Waals surface area contributed by atoms with E-state index in [0.717, 1.165) is 11.1 Å². The molecular weight excluding hydrogens is 246 g/mol. The molecule has 102 valence electrons. The second-order valence-electron chi connectivity index (χ2n) is 4.90. The van der Waals surface area contributed by atoms with Crippen molar-refractivity contribution in [2.75, 3.05) is 6.54 Å². The van der Waals surface area contributed by atoms with E-state index in [0.29, 0.717) is 6.54 Å². The van der Waals surface area contributed by atoms with Gasteiger partial charge in [0.05, 0.1) is 12.0 Å². The molecule has 1 unspecified atom stereocenters. The first-order chi connectivity index (χ1) is 8.99. The maximum atomic E-state index is 11.9. The van der Waals surface area contributed by atoms with Crippen LogP contribution in [0.25, 0.3) is 0 Å². The first kappa shape index (κ1) is 13.4. The van der Waals surface area contributed by atoms with Gasteiger partial charge in [-0.05, 0) is 25.0 Å². The van der Waals surface area contributed by atoms with Gasteiger partial charge in [-0.25, -0.2) is 4.79 Å². The van der Waals surface area contributed by atoms with Crippen molar-refractivity contribution in [1.29, 1.82) is 0 Å². The van der Waals surface area contributed by atoms with Gasteiger partial charge in [0.1, 0.15) is 0 Å². The van der Waals surface area contributed by atoms with Gasteiger partial charge in [-0.2, -0.15) is 0 Å². The molecule has 5 heteroatoms. The second-order valence-corrected chi connectivity index (χ2v) is 4.90. The molecule has 1 aliphatic heterocycles. The molecule has 0 fully saturated rings. The molecule has 0 spiro atoms. The number of rotatable bonds is 2. The molecule has 0 saturated carbocycles. The molecule has 0 aliphatic carbocycles. The zero-order valence-electron chi connectivity index (χ0n) is 11.0. The fraction of sp³-hybridized carbons (Fsp3) is 0.429. The second kappa shape index (κ2) is 5.30. The summed E-state index contributed by atoms with van der Waals surface area (Å²) < 4.78 is 5.13. The molecule has 0 aromatic heterocycles. The summed E-state index contributed by atoms with van der Waals surface area (Å²) in [5, 5.41) is 9.29. The summed E-state index contributed by atoms with van der Waals surface area (Å²) in [6.07, 6.45) is -0.677. The number of hydrogen-bond donors (Lipinski definition) is 1. The highest BCUT2D eigenvalue weighted by molar-refractivity contribution is 5.79. The molecule has 1 aromatic rings. The Balaban J connectivity index is 2.25. The van der Waals surface area contributed by atoms with Crippen molar-refractivity contribution in [1.82, 2.24) is 4.90 Å². The number of carbonyl (C=O) groups is 2.